The van der Waals surface area contributed by atoms with Crippen molar-refractivity contribution in [3.8, 4) is 5.75 Å². The Morgan fingerprint density at radius 2 is 1.72 bits per heavy atom. The fourth-order valence-electron chi connectivity index (χ4n) is 1.33. The summed E-state index contributed by atoms with van der Waals surface area (Å²) in [6, 6.07) is 6.45. The molecule has 0 aliphatic rings. The smallest absolute Gasteiger partial charge is 0.341 e. The Hall–Kier alpha value is -2.30. The Balaban J connectivity index is 2.98. The maximum absolute atomic E-state index is 11.5. The van der Waals surface area contributed by atoms with E-state index < -0.39 is 11.9 Å². The highest BCUT2D eigenvalue weighted by molar-refractivity contribution is 6.16. The van der Waals surface area contributed by atoms with Crippen molar-refractivity contribution in [1.82, 2.24) is 0 Å². The van der Waals surface area contributed by atoms with Gasteiger partial charge in [-0.3, -0.25) is 4.79 Å². The van der Waals surface area contributed by atoms with Crippen LogP contribution in [0, 0.1) is 0 Å². The number of esters is 2. The molecule has 1 rings (SSSR count). The predicted molar refractivity (Wildman–Crippen MR) is 64.8 cm³/mol. The lowest BCUT2D eigenvalue weighted by atomic mass is 10.1. The Morgan fingerprint density at radius 3 is 2.17 bits per heavy atom. The van der Waals surface area contributed by atoms with Crippen LogP contribution in [-0.4, -0.2) is 26.2 Å². The molecule has 0 heterocycles. The van der Waals surface area contributed by atoms with Crippen LogP contribution in [0.15, 0.2) is 30.5 Å². The molecule has 1 aromatic rings. The van der Waals surface area contributed by atoms with Gasteiger partial charge in [0.15, 0.2) is 0 Å². The van der Waals surface area contributed by atoms with Gasteiger partial charge in [-0.05, 0) is 17.7 Å². The molecule has 0 unspecified atom stereocenters. The van der Waals surface area contributed by atoms with E-state index in [0.29, 0.717) is 11.3 Å². The third kappa shape index (κ3) is 3.62. The van der Waals surface area contributed by atoms with Crippen molar-refractivity contribution < 1.29 is 23.8 Å². The first-order valence-corrected chi connectivity index (χ1v) is 5.18. The quantitative estimate of drug-likeness (QED) is 0.353. The summed E-state index contributed by atoms with van der Waals surface area (Å²) in [5.74, 6) is -0.492. The molecular weight excluding hydrogens is 236 g/mol. The highest BCUT2D eigenvalue weighted by Crippen LogP contribution is 2.20. The lowest BCUT2D eigenvalue weighted by Crippen LogP contribution is -2.05. The zero-order valence-corrected chi connectivity index (χ0v) is 10.4. The van der Waals surface area contributed by atoms with Crippen LogP contribution in [0.2, 0.25) is 0 Å². The van der Waals surface area contributed by atoms with Crippen molar-refractivity contribution in [2.45, 2.75) is 6.92 Å². The van der Waals surface area contributed by atoms with Crippen LogP contribution in [0.5, 0.6) is 5.75 Å². The molecule has 1 aromatic carbocycles. The van der Waals surface area contributed by atoms with E-state index in [-0.39, 0.29) is 5.57 Å². The number of benzene rings is 1. The van der Waals surface area contributed by atoms with E-state index in [1.54, 1.807) is 24.3 Å². The predicted octanol–water partition coefficient (Wildman–Crippen LogP) is 1.77. The normalized spacial score (nSPS) is 10.7. The second-order valence-corrected chi connectivity index (χ2v) is 3.38. The molecule has 0 saturated heterocycles. The number of hydrogen-bond donors (Lipinski definition) is 0. The number of rotatable bonds is 4. The first kappa shape index (κ1) is 13.8. The monoisotopic (exact) mass is 250 g/mol. The topological polar surface area (TPSA) is 61.8 Å². The van der Waals surface area contributed by atoms with E-state index in [2.05, 4.69) is 4.74 Å². The maximum Gasteiger partial charge on any atom is 0.341 e. The molecule has 0 saturated carbocycles. The van der Waals surface area contributed by atoms with Gasteiger partial charge in [0.25, 0.3) is 0 Å². The number of carbonyl (C=O) groups is 2. The largest absolute Gasteiger partial charge is 0.503 e. The van der Waals surface area contributed by atoms with E-state index >= 15 is 0 Å². The summed E-state index contributed by atoms with van der Waals surface area (Å²) < 4.78 is 14.4. The molecule has 0 N–H and O–H groups in total. The van der Waals surface area contributed by atoms with Gasteiger partial charge in [-0.1, -0.05) is 12.1 Å². The zero-order chi connectivity index (χ0) is 13.5. The van der Waals surface area contributed by atoms with Crippen LogP contribution < -0.4 is 4.74 Å². The van der Waals surface area contributed by atoms with Crippen LogP contribution in [0.4, 0.5) is 0 Å². The number of carbonyl (C=O) groups excluding carboxylic acids is 2. The van der Waals surface area contributed by atoms with Crippen LogP contribution in [0.25, 0.3) is 5.57 Å². The van der Waals surface area contributed by atoms with Gasteiger partial charge in [0.05, 0.1) is 20.5 Å². The molecule has 0 fully saturated rings. The van der Waals surface area contributed by atoms with Crippen molar-refractivity contribution in [3.63, 3.8) is 0 Å². The first-order valence-electron chi connectivity index (χ1n) is 5.18. The standard InChI is InChI=1S/C13H14O5/c1-9(14)18-11-6-4-10(5-7-11)12(8-16-2)13(15)17-3/h4-8H,1-3H3. The maximum atomic E-state index is 11.5. The highest BCUT2D eigenvalue weighted by Gasteiger charge is 2.13. The molecule has 0 spiro atoms. The molecule has 0 aromatic heterocycles. The van der Waals surface area contributed by atoms with Crippen molar-refractivity contribution in [1.29, 1.82) is 0 Å². The Bertz CT molecular complexity index is 459. The van der Waals surface area contributed by atoms with Gasteiger partial charge in [0, 0.05) is 6.92 Å². The first-order chi connectivity index (χ1) is 8.58. The zero-order valence-electron chi connectivity index (χ0n) is 10.4. The van der Waals surface area contributed by atoms with Crippen molar-refractivity contribution in [3.05, 3.63) is 36.1 Å². The van der Waals surface area contributed by atoms with Crippen molar-refractivity contribution in [2.24, 2.45) is 0 Å². The van der Waals surface area contributed by atoms with E-state index in [1.807, 2.05) is 0 Å². The van der Waals surface area contributed by atoms with Crippen molar-refractivity contribution >= 4 is 17.5 Å². The molecule has 0 amide bonds. The third-order valence-electron chi connectivity index (χ3n) is 2.07. The van der Waals surface area contributed by atoms with Gasteiger partial charge in [-0.2, -0.15) is 0 Å². The van der Waals surface area contributed by atoms with Gasteiger partial charge in [0.2, 0.25) is 0 Å². The molecule has 0 bridgehead atoms. The third-order valence-corrected chi connectivity index (χ3v) is 2.07. The molecule has 5 heteroatoms. The molecule has 18 heavy (non-hydrogen) atoms. The summed E-state index contributed by atoms with van der Waals surface area (Å²) in [6.45, 7) is 1.32. The molecule has 0 atom stereocenters. The second kappa shape index (κ2) is 6.44. The Morgan fingerprint density at radius 1 is 1.11 bits per heavy atom. The van der Waals surface area contributed by atoms with Crippen LogP contribution >= 0.6 is 0 Å². The fourth-order valence-corrected chi connectivity index (χ4v) is 1.33. The Labute approximate surface area is 105 Å². The summed E-state index contributed by atoms with van der Waals surface area (Å²) in [4.78, 5) is 22.3. The van der Waals surface area contributed by atoms with Gasteiger partial charge < -0.3 is 14.2 Å². The summed E-state index contributed by atoms with van der Waals surface area (Å²) in [5.41, 5.74) is 0.897. The number of hydrogen-bond acceptors (Lipinski definition) is 5. The Kier molecular flexibility index (Phi) is 4.92. The van der Waals surface area contributed by atoms with E-state index in [1.165, 1.54) is 27.4 Å². The van der Waals surface area contributed by atoms with Gasteiger partial charge >= 0.3 is 11.9 Å². The summed E-state index contributed by atoms with van der Waals surface area (Å²) in [7, 11) is 2.73. The minimum absolute atomic E-state index is 0.286. The molecular formula is C13H14O5. The van der Waals surface area contributed by atoms with E-state index in [4.69, 9.17) is 9.47 Å². The minimum atomic E-state index is -0.503. The lowest BCUT2D eigenvalue weighted by molar-refractivity contribution is -0.134. The second-order valence-electron chi connectivity index (χ2n) is 3.38. The SMILES string of the molecule is COC=C(C(=O)OC)c1ccc(OC(C)=O)cc1. The lowest BCUT2D eigenvalue weighted by Gasteiger charge is -2.06. The average Bonchev–Trinajstić information content (AvgIpc) is 2.35. The number of methoxy groups -OCH3 is 2. The molecule has 0 aliphatic carbocycles. The van der Waals surface area contributed by atoms with Crippen LogP contribution in [0.3, 0.4) is 0 Å². The van der Waals surface area contributed by atoms with Gasteiger partial charge in [-0.15, -0.1) is 0 Å². The summed E-state index contributed by atoms with van der Waals surface area (Å²) in [5, 5.41) is 0. The van der Waals surface area contributed by atoms with Gasteiger partial charge in [0.1, 0.15) is 11.3 Å². The fraction of sp³-hybridized carbons (Fsp3) is 0.231. The van der Waals surface area contributed by atoms with E-state index in [0.717, 1.165) is 0 Å². The molecule has 0 aliphatic heterocycles. The van der Waals surface area contributed by atoms with Crippen LogP contribution in [-0.2, 0) is 19.1 Å². The van der Waals surface area contributed by atoms with E-state index in [9.17, 15) is 9.59 Å². The molecule has 96 valence electrons. The molecule has 5 nitrogen and oxygen atoms in total. The number of ether oxygens (including phenoxy) is 3. The summed E-state index contributed by atoms with van der Waals surface area (Å²) >= 11 is 0. The highest BCUT2D eigenvalue weighted by atomic mass is 16.5. The van der Waals surface area contributed by atoms with Gasteiger partial charge in [-0.25, -0.2) is 4.79 Å². The van der Waals surface area contributed by atoms with Crippen LogP contribution in [0.1, 0.15) is 12.5 Å². The average molecular weight is 250 g/mol. The minimum Gasteiger partial charge on any atom is -0.503 e. The summed E-state index contributed by atoms with van der Waals surface area (Å²) in [6.07, 6.45) is 1.30. The van der Waals surface area contributed by atoms with Crippen molar-refractivity contribution in [2.75, 3.05) is 14.2 Å². The molecule has 0 radical (unpaired) electrons.